The molecule has 0 aliphatic heterocycles. The molecule has 0 saturated carbocycles. The summed E-state index contributed by atoms with van der Waals surface area (Å²) in [5.41, 5.74) is 1.08. The molecule has 0 bridgehead atoms. The van der Waals surface area contributed by atoms with Gasteiger partial charge < -0.3 is 5.32 Å². The molecule has 3 rings (SSSR count). The Kier molecular flexibility index (Phi) is 5.69. The summed E-state index contributed by atoms with van der Waals surface area (Å²) in [6.07, 6.45) is 1.68. The number of para-hydroxylation sites is 1. The van der Waals surface area contributed by atoms with Crippen molar-refractivity contribution < 1.29 is 4.79 Å². The zero-order chi connectivity index (χ0) is 20.4. The fourth-order valence-electron chi connectivity index (χ4n) is 2.94. The highest BCUT2D eigenvalue weighted by atomic mass is 32.2. The highest BCUT2D eigenvalue weighted by Crippen LogP contribution is 2.32. The van der Waals surface area contributed by atoms with Crippen LogP contribution in [-0.4, -0.2) is 25.8 Å². The Bertz CT molecular complexity index is 1150. The van der Waals surface area contributed by atoms with Crippen molar-refractivity contribution in [1.82, 2.24) is 14.1 Å². The first kappa shape index (κ1) is 19.9. The maximum atomic E-state index is 12.8. The fraction of sp³-hybridized carbons (Fsp3) is 0.300. The first-order chi connectivity index (χ1) is 13.3. The van der Waals surface area contributed by atoms with E-state index < -0.39 is 11.2 Å². The number of aromatic nitrogens is 3. The third-order valence-corrected chi connectivity index (χ3v) is 5.61. The molecule has 0 fully saturated rings. The van der Waals surface area contributed by atoms with E-state index in [1.165, 1.54) is 23.4 Å². The first-order valence-corrected chi connectivity index (χ1v) is 9.86. The summed E-state index contributed by atoms with van der Waals surface area (Å²) in [7, 11) is 3.03. The molecule has 0 saturated heterocycles. The third kappa shape index (κ3) is 3.73. The number of hydrogen-bond acceptors (Lipinski definition) is 5. The summed E-state index contributed by atoms with van der Waals surface area (Å²) >= 11 is 1.29. The van der Waals surface area contributed by atoms with Crippen LogP contribution in [0.25, 0.3) is 11.0 Å². The predicted molar refractivity (Wildman–Crippen MR) is 112 cm³/mol. The topological polar surface area (TPSA) is 86.0 Å². The number of carbonyl (C=O) groups excluding carboxylic acids is 1. The van der Waals surface area contributed by atoms with E-state index in [4.69, 9.17) is 0 Å². The van der Waals surface area contributed by atoms with Crippen molar-refractivity contribution in [2.45, 2.75) is 24.7 Å². The summed E-state index contributed by atoms with van der Waals surface area (Å²) in [4.78, 5) is 42.5. The molecule has 8 heteroatoms. The van der Waals surface area contributed by atoms with E-state index in [0.29, 0.717) is 15.9 Å². The molecule has 1 aromatic carbocycles. The van der Waals surface area contributed by atoms with E-state index in [1.54, 1.807) is 13.2 Å². The number of anilines is 1. The molecule has 1 N–H and O–H groups in total. The van der Waals surface area contributed by atoms with Crippen LogP contribution in [0.1, 0.15) is 25.3 Å². The lowest BCUT2D eigenvalue weighted by Crippen LogP contribution is -2.37. The Hall–Kier alpha value is -2.87. The monoisotopic (exact) mass is 398 g/mol. The Balaban J connectivity index is 2.03. The van der Waals surface area contributed by atoms with Gasteiger partial charge in [-0.3, -0.25) is 18.7 Å². The van der Waals surface area contributed by atoms with E-state index in [0.717, 1.165) is 15.8 Å². The minimum Gasteiger partial charge on any atom is -0.325 e. The number of fused-ring (bicyclic) bond motifs is 1. The number of rotatable bonds is 5. The lowest BCUT2D eigenvalue weighted by atomic mass is 10.0. The highest BCUT2D eigenvalue weighted by Gasteiger charge is 2.20. The summed E-state index contributed by atoms with van der Waals surface area (Å²) in [5, 5.41) is 3.21. The van der Waals surface area contributed by atoms with Gasteiger partial charge in [0.15, 0.2) is 0 Å². The quantitative estimate of drug-likeness (QED) is 0.668. The number of carbonyl (C=O) groups is 1. The smallest absolute Gasteiger partial charge is 0.325 e. The van der Waals surface area contributed by atoms with Crippen LogP contribution in [-0.2, 0) is 18.9 Å². The van der Waals surface area contributed by atoms with Crippen LogP contribution >= 0.6 is 11.8 Å². The number of hydrogen-bond donors (Lipinski definition) is 1. The average molecular weight is 398 g/mol. The van der Waals surface area contributed by atoms with Gasteiger partial charge in [-0.1, -0.05) is 32.0 Å². The van der Waals surface area contributed by atoms with Crippen LogP contribution in [0.3, 0.4) is 0 Å². The number of benzene rings is 1. The number of thioether (sulfide) groups is 1. The van der Waals surface area contributed by atoms with Crippen molar-refractivity contribution in [3.8, 4) is 0 Å². The van der Waals surface area contributed by atoms with Gasteiger partial charge in [-0.15, -0.1) is 11.8 Å². The van der Waals surface area contributed by atoms with Gasteiger partial charge in [0.2, 0.25) is 5.91 Å². The average Bonchev–Trinajstić information content (AvgIpc) is 2.68. The molecule has 2 aromatic heterocycles. The number of nitrogens with zero attached hydrogens (tertiary/aromatic N) is 3. The minimum absolute atomic E-state index is 0.110. The molecular formula is C20H22N4O3S. The second-order valence-corrected chi connectivity index (χ2v) is 7.79. The molecule has 0 spiro atoms. The van der Waals surface area contributed by atoms with Crippen LogP contribution in [0.15, 0.2) is 51.0 Å². The summed E-state index contributed by atoms with van der Waals surface area (Å²) in [5.74, 6) is 0.0794. The Morgan fingerprint density at radius 2 is 1.82 bits per heavy atom. The molecule has 2 heterocycles. The first-order valence-electron chi connectivity index (χ1n) is 8.87. The highest BCUT2D eigenvalue weighted by molar-refractivity contribution is 8.00. The van der Waals surface area contributed by atoms with Crippen molar-refractivity contribution in [3.05, 3.63) is 62.9 Å². The standard InChI is InChI=1S/C20H22N4O3S/c1-12(2)14-10-21-18-16(19(26)24(4)20(27)23(18)3)17(14)28-11-15(25)22-13-8-6-5-7-9-13/h5-10,12H,11H2,1-4H3,(H,22,25). The van der Waals surface area contributed by atoms with Crippen molar-refractivity contribution in [2.24, 2.45) is 14.1 Å². The Morgan fingerprint density at radius 3 is 2.46 bits per heavy atom. The molecular weight excluding hydrogens is 376 g/mol. The second-order valence-electron chi connectivity index (χ2n) is 6.80. The molecule has 3 aromatic rings. The lowest BCUT2D eigenvalue weighted by Gasteiger charge is -2.16. The van der Waals surface area contributed by atoms with E-state index in [2.05, 4.69) is 10.3 Å². The van der Waals surface area contributed by atoms with Gasteiger partial charge >= 0.3 is 5.69 Å². The number of amides is 1. The second kappa shape index (κ2) is 8.02. The number of pyridine rings is 1. The van der Waals surface area contributed by atoms with E-state index in [9.17, 15) is 14.4 Å². The fourth-order valence-corrected chi connectivity index (χ4v) is 4.07. The van der Waals surface area contributed by atoms with E-state index >= 15 is 0 Å². The van der Waals surface area contributed by atoms with Crippen LogP contribution in [0.5, 0.6) is 0 Å². The largest absolute Gasteiger partial charge is 0.332 e. The molecule has 28 heavy (non-hydrogen) atoms. The van der Waals surface area contributed by atoms with Crippen molar-refractivity contribution in [3.63, 3.8) is 0 Å². The zero-order valence-electron chi connectivity index (χ0n) is 16.2. The molecule has 0 radical (unpaired) electrons. The number of aryl methyl sites for hydroxylation is 1. The number of nitrogens with one attached hydrogen (secondary N) is 1. The maximum absolute atomic E-state index is 12.8. The molecule has 0 aliphatic rings. The molecule has 7 nitrogen and oxygen atoms in total. The lowest BCUT2D eigenvalue weighted by molar-refractivity contribution is -0.113. The molecule has 0 atom stereocenters. The minimum atomic E-state index is -0.430. The Morgan fingerprint density at radius 1 is 1.14 bits per heavy atom. The van der Waals surface area contributed by atoms with Gasteiger partial charge in [0.05, 0.1) is 11.1 Å². The van der Waals surface area contributed by atoms with Gasteiger partial charge in [0.25, 0.3) is 5.56 Å². The normalized spacial score (nSPS) is 11.2. The van der Waals surface area contributed by atoms with Gasteiger partial charge in [-0.05, 0) is 23.6 Å². The maximum Gasteiger partial charge on any atom is 0.332 e. The zero-order valence-corrected chi connectivity index (χ0v) is 17.0. The van der Waals surface area contributed by atoms with E-state index in [1.807, 2.05) is 44.2 Å². The molecule has 0 aliphatic carbocycles. The molecule has 146 valence electrons. The SMILES string of the molecule is CC(C)c1cnc2c(c1SCC(=O)Nc1ccccc1)c(=O)n(C)c(=O)n2C. The van der Waals surface area contributed by atoms with Crippen molar-refractivity contribution in [2.75, 3.05) is 11.1 Å². The van der Waals surface area contributed by atoms with Crippen LogP contribution < -0.4 is 16.6 Å². The predicted octanol–water partition coefficient (Wildman–Crippen LogP) is 2.49. The third-order valence-electron chi connectivity index (χ3n) is 4.48. The van der Waals surface area contributed by atoms with Crippen LogP contribution in [0.2, 0.25) is 0 Å². The summed E-state index contributed by atoms with van der Waals surface area (Å²) < 4.78 is 2.43. The Labute approximate surface area is 166 Å². The van der Waals surface area contributed by atoms with Gasteiger partial charge in [-0.25, -0.2) is 9.78 Å². The molecule has 0 unspecified atom stereocenters. The van der Waals surface area contributed by atoms with Gasteiger partial charge in [0.1, 0.15) is 5.65 Å². The summed E-state index contributed by atoms with van der Waals surface area (Å²) in [6.45, 7) is 4.01. The van der Waals surface area contributed by atoms with Gasteiger partial charge in [0, 0.05) is 30.9 Å². The molecule has 1 amide bonds. The van der Waals surface area contributed by atoms with Crippen molar-refractivity contribution in [1.29, 1.82) is 0 Å². The van der Waals surface area contributed by atoms with E-state index in [-0.39, 0.29) is 17.6 Å². The van der Waals surface area contributed by atoms with Gasteiger partial charge in [-0.2, -0.15) is 0 Å². The van der Waals surface area contributed by atoms with Crippen LogP contribution in [0.4, 0.5) is 5.69 Å². The van der Waals surface area contributed by atoms with Crippen molar-refractivity contribution >= 4 is 34.4 Å². The summed E-state index contributed by atoms with van der Waals surface area (Å²) in [6, 6.07) is 9.20. The van der Waals surface area contributed by atoms with Crippen LogP contribution in [0, 0.1) is 0 Å².